The van der Waals surface area contributed by atoms with Crippen LogP contribution in [0.1, 0.15) is 0 Å². The van der Waals surface area contributed by atoms with Crippen LogP contribution in [0.15, 0.2) is 36.3 Å². The minimum atomic E-state index is -0.550. The van der Waals surface area contributed by atoms with Gasteiger partial charge in [-0.25, -0.2) is 4.98 Å². The number of benzene rings is 1. The number of hydrogen-bond acceptors (Lipinski definition) is 6. The third kappa shape index (κ3) is 4.06. The van der Waals surface area contributed by atoms with E-state index in [4.69, 9.17) is 15.5 Å². The van der Waals surface area contributed by atoms with E-state index in [1.54, 1.807) is 24.5 Å². The molecule has 0 bridgehead atoms. The minimum Gasteiger partial charge on any atom is -0.395 e. The number of H-pyrrole nitrogens is 1. The van der Waals surface area contributed by atoms with Crippen LogP contribution in [0.5, 0.6) is 0 Å². The maximum absolute atomic E-state index is 12.2. The lowest BCUT2D eigenvalue weighted by molar-refractivity contribution is -0.127. The van der Waals surface area contributed by atoms with E-state index in [1.807, 2.05) is 6.07 Å². The van der Waals surface area contributed by atoms with Gasteiger partial charge in [0.25, 0.3) is 5.91 Å². The highest BCUT2D eigenvalue weighted by molar-refractivity contribution is 5.97. The van der Waals surface area contributed by atoms with Crippen LogP contribution in [0.2, 0.25) is 0 Å². The molecule has 23 heavy (non-hydrogen) atoms. The fourth-order valence-electron chi connectivity index (χ4n) is 2.05. The summed E-state index contributed by atoms with van der Waals surface area (Å²) in [5.41, 5.74) is 2.22. The molecule has 0 aliphatic heterocycles. The number of fused-ring (bicyclic) bond motifs is 1. The zero-order valence-electron chi connectivity index (χ0n) is 12.4. The summed E-state index contributed by atoms with van der Waals surface area (Å²) in [6.45, 7) is -0.375. The van der Waals surface area contributed by atoms with Crippen molar-refractivity contribution in [1.29, 1.82) is 5.26 Å². The third-order valence-corrected chi connectivity index (χ3v) is 3.18. The standard InChI is InChI=1S/C15H17N5O3/c16-8-11(15(23)20(3-5-21)4-6-22)9-17-12-1-2-13-14(7-12)19-10-18-13/h1-2,7,9-10,17,21-22H,3-6H2,(H,18,19)/b11-9-. The van der Waals surface area contributed by atoms with Gasteiger partial charge in [-0.1, -0.05) is 0 Å². The van der Waals surface area contributed by atoms with Crippen LogP contribution >= 0.6 is 0 Å². The van der Waals surface area contributed by atoms with Crippen LogP contribution in [0.25, 0.3) is 11.0 Å². The molecule has 0 spiro atoms. The van der Waals surface area contributed by atoms with Crippen LogP contribution < -0.4 is 5.32 Å². The Morgan fingerprint density at radius 1 is 1.39 bits per heavy atom. The van der Waals surface area contributed by atoms with Gasteiger partial charge in [0.05, 0.1) is 30.6 Å². The molecule has 1 heterocycles. The van der Waals surface area contributed by atoms with E-state index in [2.05, 4.69) is 15.3 Å². The van der Waals surface area contributed by atoms with Crippen LogP contribution in [0.4, 0.5) is 5.69 Å². The molecule has 8 nitrogen and oxygen atoms in total. The van der Waals surface area contributed by atoms with E-state index in [-0.39, 0.29) is 31.9 Å². The highest BCUT2D eigenvalue weighted by atomic mass is 16.3. The SMILES string of the molecule is N#C/C(=C/Nc1ccc2nc[nH]c2c1)C(=O)N(CCO)CCO. The van der Waals surface area contributed by atoms with Gasteiger partial charge in [-0.2, -0.15) is 5.26 Å². The first kappa shape index (κ1) is 16.5. The Labute approximate surface area is 132 Å². The number of imidazole rings is 1. The van der Waals surface area contributed by atoms with Crippen molar-refractivity contribution in [2.24, 2.45) is 0 Å². The average molecular weight is 315 g/mol. The third-order valence-electron chi connectivity index (χ3n) is 3.18. The molecule has 0 aliphatic rings. The van der Waals surface area contributed by atoms with Gasteiger partial charge in [-0.15, -0.1) is 0 Å². The predicted molar refractivity (Wildman–Crippen MR) is 84.2 cm³/mol. The molecule has 0 unspecified atom stereocenters. The number of carbonyl (C=O) groups is 1. The van der Waals surface area contributed by atoms with Crippen molar-refractivity contribution in [2.45, 2.75) is 0 Å². The number of aromatic amines is 1. The molecular weight excluding hydrogens is 298 g/mol. The first-order chi connectivity index (χ1) is 11.2. The van der Waals surface area contributed by atoms with Crippen LogP contribution in [-0.4, -0.2) is 57.3 Å². The summed E-state index contributed by atoms with van der Waals surface area (Å²) in [5, 5.41) is 29.9. The number of nitrogens with one attached hydrogen (secondary N) is 2. The maximum atomic E-state index is 12.2. The molecule has 0 fully saturated rings. The quantitative estimate of drug-likeness (QED) is 0.427. The highest BCUT2D eigenvalue weighted by Gasteiger charge is 2.17. The molecule has 120 valence electrons. The van der Waals surface area contributed by atoms with Gasteiger partial charge in [0, 0.05) is 25.0 Å². The summed E-state index contributed by atoms with van der Waals surface area (Å²) in [6, 6.07) is 7.21. The number of aliphatic hydroxyl groups excluding tert-OH is 2. The molecule has 2 rings (SSSR count). The molecule has 4 N–H and O–H groups in total. The zero-order chi connectivity index (χ0) is 16.7. The summed E-state index contributed by atoms with van der Waals surface area (Å²) in [4.78, 5) is 20.5. The first-order valence-corrected chi connectivity index (χ1v) is 7.00. The van der Waals surface area contributed by atoms with E-state index >= 15 is 0 Å². The normalized spacial score (nSPS) is 11.3. The topological polar surface area (TPSA) is 125 Å². The van der Waals surface area contributed by atoms with Crippen molar-refractivity contribution in [1.82, 2.24) is 14.9 Å². The average Bonchev–Trinajstić information content (AvgIpc) is 3.02. The van der Waals surface area contributed by atoms with Crippen molar-refractivity contribution in [2.75, 3.05) is 31.6 Å². The van der Waals surface area contributed by atoms with Crippen molar-refractivity contribution >= 4 is 22.6 Å². The number of aliphatic hydroxyl groups is 2. The number of rotatable bonds is 7. The molecule has 0 aliphatic carbocycles. The van der Waals surface area contributed by atoms with Gasteiger partial charge >= 0.3 is 0 Å². The van der Waals surface area contributed by atoms with E-state index in [0.29, 0.717) is 5.69 Å². The molecule has 0 atom stereocenters. The number of hydrogen-bond donors (Lipinski definition) is 4. The summed E-state index contributed by atoms with van der Waals surface area (Å²) in [6.07, 6.45) is 2.89. The number of aromatic nitrogens is 2. The van der Waals surface area contributed by atoms with Crippen LogP contribution in [0, 0.1) is 11.3 Å². The van der Waals surface area contributed by atoms with Gasteiger partial charge in [-0.3, -0.25) is 4.79 Å². The zero-order valence-corrected chi connectivity index (χ0v) is 12.4. The predicted octanol–water partition coefficient (Wildman–Crippen LogP) is 0.195. The Balaban J connectivity index is 2.13. The Bertz CT molecular complexity index is 741. The van der Waals surface area contributed by atoms with Crippen molar-refractivity contribution in [3.8, 4) is 6.07 Å². The van der Waals surface area contributed by atoms with E-state index in [9.17, 15) is 4.79 Å². The Morgan fingerprint density at radius 3 is 2.78 bits per heavy atom. The molecule has 8 heteroatoms. The molecule has 0 radical (unpaired) electrons. The van der Waals surface area contributed by atoms with E-state index in [1.165, 1.54) is 11.1 Å². The number of nitrogens with zero attached hydrogens (tertiary/aromatic N) is 3. The van der Waals surface area contributed by atoms with E-state index in [0.717, 1.165) is 11.0 Å². The smallest absolute Gasteiger partial charge is 0.266 e. The molecule has 2 aromatic rings. The second-order valence-electron chi connectivity index (χ2n) is 4.69. The van der Waals surface area contributed by atoms with Gasteiger partial charge < -0.3 is 25.4 Å². The van der Waals surface area contributed by atoms with E-state index < -0.39 is 5.91 Å². The first-order valence-electron chi connectivity index (χ1n) is 7.00. The van der Waals surface area contributed by atoms with Gasteiger partial charge in [0.2, 0.25) is 0 Å². The highest BCUT2D eigenvalue weighted by Crippen LogP contribution is 2.16. The number of amides is 1. The van der Waals surface area contributed by atoms with Gasteiger partial charge in [0.15, 0.2) is 0 Å². The molecular formula is C15H17N5O3. The molecule has 0 saturated heterocycles. The second-order valence-corrected chi connectivity index (χ2v) is 4.69. The Hall–Kier alpha value is -2.89. The summed E-state index contributed by atoms with van der Waals surface area (Å²) < 4.78 is 0. The fraction of sp³-hybridized carbons (Fsp3) is 0.267. The summed E-state index contributed by atoms with van der Waals surface area (Å²) in [5.74, 6) is -0.550. The molecule has 1 amide bonds. The van der Waals surface area contributed by atoms with Gasteiger partial charge in [-0.05, 0) is 18.2 Å². The number of nitriles is 1. The van der Waals surface area contributed by atoms with Crippen LogP contribution in [0.3, 0.4) is 0 Å². The number of anilines is 1. The number of carbonyl (C=O) groups excluding carboxylic acids is 1. The largest absolute Gasteiger partial charge is 0.395 e. The summed E-state index contributed by atoms with van der Waals surface area (Å²) >= 11 is 0. The van der Waals surface area contributed by atoms with Gasteiger partial charge in [0.1, 0.15) is 11.6 Å². The Morgan fingerprint density at radius 2 is 2.13 bits per heavy atom. The van der Waals surface area contributed by atoms with Crippen molar-refractivity contribution < 1.29 is 15.0 Å². The van der Waals surface area contributed by atoms with Crippen molar-refractivity contribution in [3.63, 3.8) is 0 Å². The summed E-state index contributed by atoms with van der Waals surface area (Å²) in [7, 11) is 0. The lowest BCUT2D eigenvalue weighted by Crippen LogP contribution is -2.36. The lowest BCUT2D eigenvalue weighted by Gasteiger charge is -2.20. The fourth-order valence-corrected chi connectivity index (χ4v) is 2.05. The molecule has 1 aromatic carbocycles. The maximum Gasteiger partial charge on any atom is 0.266 e. The lowest BCUT2D eigenvalue weighted by atomic mass is 10.2. The molecule has 1 aromatic heterocycles. The minimum absolute atomic E-state index is 0.0541. The second kappa shape index (κ2) is 7.93. The molecule has 0 saturated carbocycles. The van der Waals surface area contributed by atoms with Crippen LogP contribution in [-0.2, 0) is 4.79 Å². The van der Waals surface area contributed by atoms with Crippen molar-refractivity contribution in [3.05, 3.63) is 36.3 Å². The monoisotopic (exact) mass is 315 g/mol. The Kier molecular flexibility index (Phi) is 5.68.